The highest BCUT2D eigenvalue weighted by atomic mass is 35.5. The summed E-state index contributed by atoms with van der Waals surface area (Å²) in [4.78, 5) is 25.4. The Labute approximate surface area is 130 Å². The molecule has 1 aromatic rings. The molecule has 0 aromatic carbocycles. The Hall–Kier alpha value is -1.04. The van der Waals surface area contributed by atoms with E-state index >= 15 is 0 Å². The summed E-state index contributed by atoms with van der Waals surface area (Å²) in [6.45, 7) is 0.446. The van der Waals surface area contributed by atoms with Crippen molar-refractivity contribution in [2.24, 2.45) is 11.7 Å². The van der Waals surface area contributed by atoms with E-state index in [0.717, 1.165) is 31.2 Å². The maximum atomic E-state index is 11.9. The van der Waals surface area contributed by atoms with Crippen LogP contribution >= 0.6 is 24.8 Å². The monoisotopic (exact) mass is 321 g/mol. The lowest BCUT2D eigenvalue weighted by atomic mass is 9.85. The molecule has 1 aromatic heterocycles. The molecule has 1 aliphatic carbocycles. The van der Waals surface area contributed by atoms with E-state index < -0.39 is 0 Å². The fourth-order valence-electron chi connectivity index (χ4n) is 2.35. The number of rotatable bonds is 3. The molecule has 1 heterocycles. The van der Waals surface area contributed by atoms with Gasteiger partial charge >= 0.3 is 0 Å². The van der Waals surface area contributed by atoms with Gasteiger partial charge in [-0.3, -0.25) is 9.59 Å². The molecule has 0 aliphatic heterocycles. The first-order chi connectivity index (χ1) is 8.65. The highest BCUT2D eigenvalue weighted by molar-refractivity contribution is 5.85. The van der Waals surface area contributed by atoms with Crippen molar-refractivity contribution in [3.63, 3.8) is 0 Å². The Bertz CT molecular complexity index is 458. The summed E-state index contributed by atoms with van der Waals surface area (Å²) in [5.41, 5.74) is 6.62. The Morgan fingerprint density at radius 3 is 2.70 bits per heavy atom. The fourth-order valence-corrected chi connectivity index (χ4v) is 2.35. The molecule has 7 heteroatoms. The zero-order chi connectivity index (χ0) is 13.0. The number of carbonyl (C=O) groups excluding carboxylic acids is 1. The van der Waals surface area contributed by atoms with Gasteiger partial charge in [-0.1, -0.05) is 12.5 Å². The summed E-state index contributed by atoms with van der Waals surface area (Å²) >= 11 is 0. The summed E-state index contributed by atoms with van der Waals surface area (Å²) in [7, 11) is 0. The van der Waals surface area contributed by atoms with E-state index in [2.05, 4.69) is 10.3 Å². The van der Waals surface area contributed by atoms with Crippen LogP contribution < -0.4 is 16.6 Å². The van der Waals surface area contributed by atoms with E-state index in [4.69, 9.17) is 5.73 Å². The van der Waals surface area contributed by atoms with E-state index in [0.29, 0.717) is 6.54 Å². The number of carbonyl (C=O) groups is 1. The fraction of sp³-hybridized carbons (Fsp3) is 0.538. The van der Waals surface area contributed by atoms with Crippen LogP contribution in [0.5, 0.6) is 0 Å². The highest BCUT2D eigenvalue weighted by Crippen LogP contribution is 2.23. The summed E-state index contributed by atoms with van der Waals surface area (Å²) in [5, 5.41) is 2.89. The zero-order valence-electron chi connectivity index (χ0n) is 11.1. The molecule has 5 nitrogen and oxygen atoms in total. The van der Waals surface area contributed by atoms with E-state index in [-0.39, 0.29) is 48.2 Å². The molecule has 20 heavy (non-hydrogen) atoms. The van der Waals surface area contributed by atoms with Crippen molar-refractivity contribution in [3.05, 3.63) is 34.2 Å². The Kier molecular flexibility index (Phi) is 8.53. The third-order valence-electron chi connectivity index (χ3n) is 3.40. The third-order valence-corrected chi connectivity index (χ3v) is 3.40. The van der Waals surface area contributed by atoms with Crippen LogP contribution in [0.2, 0.25) is 0 Å². The van der Waals surface area contributed by atoms with Gasteiger partial charge in [0.1, 0.15) is 0 Å². The first-order valence-corrected chi connectivity index (χ1v) is 6.36. The molecule has 0 spiro atoms. The number of nitrogens with one attached hydrogen (secondary N) is 2. The molecular weight excluding hydrogens is 301 g/mol. The number of nitrogens with two attached hydrogens (primary N) is 1. The van der Waals surface area contributed by atoms with Crippen molar-refractivity contribution >= 4 is 30.7 Å². The van der Waals surface area contributed by atoms with Crippen molar-refractivity contribution in [2.45, 2.75) is 38.3 Å². The van der Waals surface area contributed by atoms with Gasteiger partial charge in [0.25, 0.3) is 0 Å². The molecule has 0 radical (unpaired) electrons. The van der Waals surface area contributed by atoms with E-state index in [1.54, 1.807) is 12.3 Å². The van der Waals surface area contributed by atoms with Crippen LogP contribution in [-0.2, 0) is 11.3 Å². The lowest BCUT2D eigenvalue weighted by Gasteiger charge is -2.25. The van der Waals surface area contributed by atoms with Gasteiger partial charge < -0.3 is 16.0 Å². The number of H-pyrrole nitrogens is 1. The minimum atomic E-state index is -0.136. The maximum absolute atomic E-state index is 11.9. The lowest BCUT2D eigenvalue weighted by molar-refractivity contribution is -0.126. The van der Waals surface area contributed by atoms with Crippen molar-refractivity contribution in [1.29, 1.82) is 0 Å². The quantitative estimate of drug-likeness (QED) is 0.785. The topological polar surface area (TPSA) is 88.0 Å². The van der Waals surface area contributed by atoms with Crippen molar-refractivity contribution in [3.8, 4) is 0 Å². The molecular formula is C13H21Cl2N3O2. The number of pyridine rings is 1. The van der Waals surface area contributed by atoms with Crippen molar-refractivity contribution < 1.29 is 4.79 Å². The standard InChI is InChI=1S/C13H19N3O2.2ClH/c14-11-3-1-2-10(6-11)13(18)16-8-9-4-5-12(17)15-7-9;;/h4-5,7,10-11H,1-3,6,8,14H2,(H,15,17)(H,16,18);2*1H. The molecule has 1 fully saturated rings. The summed E-state index contributed by atoms with van der Waals surface area (Å²) in [6.07, 6.45) is 5.36. The number of halogens is 2. The van der Waals surface area contributed by atoms with Gasteiger partial charge in [0, 0.05) is 30.8 Å². The Morgan fingerprint density at radius 2 is 2.10 bits per heavy atom. The lowest BCUT2D eigenvalue weighted by Crippen LogP contribution is -2.37. The van der Waals surface area contributed by atoms with Gasteiger partial charge in [0.15, 0.2) is 0 Å². The maximum Gasteiger partial charge on any atom is 0.247 e. The Morgan fingerprint density at radius 1 is 1.35 bits per heavy atom. The van der Waals surface area contributed by atoms with Gasteiger partial charge in [-0.25, -0.2) is 0 Å². The normalized spacial score (nSPS) is 21.2. The summed E-state index contributed by atoms with van der Waals surface area (Å²) in [6, 6.07) is 3.33. The zero-order valence-corrected chi connectivity index (χ0v) is 12.8. The predicted molar refractivity (Wildman–Crippen MR) is 83.3 cm³/mol. The largest absolute Gasteiger partial charge is 0.352 e. The van der Waals surface area contributed by atoms with E-state index in [1.807, 2.05) is 0 Å². The minimum absolute atomic E-state index is 0. The second kappa shape index (κ2) is 9.00. The van der Waals surface area contributed by atoms with Crippen LogP contribution in [0, 0.1) is 5.92 Å². The van der Waals surface area contributed by atoms with E-state index in [9.17, 15) is 9.59 Å². The molecule has 2 atom stereocenters. The molecule has 2 rings (SSSR count). The number of hydrogen-bond acceptors (Lipinski definition) is 3. The molecule has 0 saturated heterocycles. The molecule has 4 N–H and O–H groups in total. The molecule has 1 saturated carbocycles. The van der Waals surface area contributed by atoms with E-state index in [1.165, 1.54) is 6.07 Å². The first-order valence-electron chi connectivity index (χ1n) is 6.36. The minimum Gasteiger partial charge on any atom is -0.352 e. The highest BCUT2D eigenvalue weighted by Gasteiger charge is 2.24. The Balaban J connectivity index is 0.00000180. The van der Waals surface area contributed by atoms with Crippen LogP contribution in [0.1, 0.15) is 31.2 Å². The molecule has 1 aliphatic rings. The van der Waals surface area contributed by atoms with Crippen LogP contribution in [0.4, 0.5) is 0 Å². The molecule has 1 amide bonds. The SMILES string of the molecule is Cl.Cl.NC1CCCC(C(=O)NCc2ccc(=O)[nH]c2)C1. The summed E-state index contributed by atoms with van der Waals surface area (Å²) in [5.74, 6) is 0.105. The number of aromatic nitrogens is 1. The second-order valence-electron chi connectivity index (χ2n) is 4.90. The second-order valence-corrected chi connectivity index (χ2v) is 4.90. The predicted octanol–water partition coefficient (Wildman–Crippen LogP) is 1.35. The smallest absolute Gasteiger partial charge is 0.247 e. The molecule has 2 unspecified atom stereocenters. The number of aromatic amines is 1. The van der Waals surface area contributed by atoms with Crippen LogP contribution in [-0.4, -0.2) is 16.9 Å². The number of amides is 1. The van der Waals surface area contributed by atoms with Gasteiger partial charge in [-0.2, -0.15) is 0 Å². The van der Waals surface area contributed by atoms with Gasteiger partial charge in [-0.05, 0) is 24.8 Å². The van der Waals surface area contributed by atoms with Gasteiger partial charge in [-0.15, -0.1) is 24.8 Å². The third kappa shape index (κ3) is 5.53. The number of hydrogen-bond donors (Lipinski definition) is 3. The van der Waals surface area contributed by atoms with Gasteiger partial charge in [0.05, 0.1) is 0 Å². The van der Waals surface area contributed by atoms with Crippen LogP contribution in [0.25, 0.3) is 0 Å². The average molecular weight is 322 g/mol. The molecule has 0 bridgehead atoms. The van der Waals surface area contributed by atoms with Crippen LogP contribution in [0.15, 0.2) is 23.1 Å². The van der Waals surface area contributed by atoms with Crippen LogP contribution in [0.3, 0.4) is 0 Å². The first kappa shape index (κ1) is 19.0. The molecule has 114 valence electrons. The average Bonchev–Trinajstić information content (AvgIpc) is 2.38. The van der Waals surface area contributed by atoms with Gasteiger partial charge in [0.2, 0.25) is 11.5 Å². The van der Waals surface area contributed by atoms with Crippen molar-refractivity contribution in [1.82, 2.24) is 10.3 Å². The van der Waals surface area contributed by atoms with Crippen molar-refractivity contribution in [2.75, 3.05) is 0 Å². The summed E-state index contributed by atoms with van der Waals surface area (Å²) < 4.78 is 0.